The Morgan fingerprint density at radius 1 is 0.900 bits per heavy atom. The minimum atomic E-state index is -0.316. The topological polar surface area (TPSA) is 26.3 Å². The molecule has 2 saturated carbocycles. The van der Waals surface area contributed by atoms with Crippen LogP contribution in [0.3, 0.4) is 0 Å². The summed E-state index contributed by atoms with van der Waals surface area (Å²) in [6.45, 7) is 4.34. The van der Waals surface area contributed by atoms with Crippen LogP contribution in [0, 0.1) is 35.4 Å². The minimum absolute atomic E-state index is 0.0878. The lowest BCUT2D eigenvalue weighted by Gasteiger charge is -2.40. The highest BCUT2D eigenvalue weighted by Crippen LogP contribution is 2.45. The average Bonchev–Trinajstić information content (AvgIpc) is 2.77. The van der Waals surface area contributed by atoms with Crippen LogP contribution in [-0.2, 0) is 17.6 Å². The molecular weight excluding hydrogens is 375 g/mol. The Kier molecular flexibility index (Phi) is 7.16. The molecule has 1 atom stereocenters. The molecule has 0 amide bonds. The van der Waals surface area contributed by atoms with Crippen LogP contribution in [0.25, 0.3) is 0 Å². The molecule has 1 aromatic carbocycles. The van der Waals surface area contributed by atoms with Crippen molar-refractivity contribution >= 4 is 5.97 Å². The zero-order valence-corrected chi connectivity index (χ0v) is 18.9. The number of halogens is 1. The van der Waals surface area contributed by atoms with Crippen molar-refractivity contribution in [3.63, 3.8) is 0 Å². The van der Waals surface area contributed by atoms with Gasteiger partial charge in [-0.05, 0) is 86.2 Å². The summed E-state index contributed by atoms with van der Waals surface area (Å²) < 4.78 is 20.3. The molecule has 2 nitrogen and oxygen atoms in total. The first-order valence-electron chi connectivity index (χ1n) is 12.6. The maximum Gasteiger partial charge on any atom is 0.315 e. The molecule has 2 aliphatic carbocycles. The van der Waals surface area contributed by atoms with E-state index in [2.05, 4.69) is 6.92 Å². The lowest BCUT2D eigenvalue weighted by Crippen LogP contribution is -2.36. The van der Waals surface area contributed by atoms with Gasteiger partial charge < -0.3 is 4.74 Å². The van der Waals surface area contributed by atoms with Gasteiger partial charge in [0.15, 0.2) is 11.6 Å². The van der Waals surface area contributed by atoms with Crippen molar-refractivity contribution in [2.45, 2.75) is 97.3 Å². The van der Waals surface area contributed by atoms with E-state index in [0.717, 1.165) is 42.6 Å². The largest absolute Gasteiger partial charge is 0.423 e. The van der Waals surface area contributed by atoms with Crippen LogP contribution in [0.4, 0.5) is 4.39 Å². The number of hydrogen-bond donors (Lipinski definition) is 0. The number of benzene rings is 1. The van der Waals surface area contributed by atoms with Crippen molar-refractivity contribution in [3.05, 3.63) is 29.1 Å². The van der Waals surface area contributed by atoms with Gasteiger partial charge in [-0.2, -0.15) is 0 Å². The predicted molar refractivity (Wildman–Crippen MR) is 119 cm³/mol. The van der Waals surface area contributed by atoms with Gasteiger partial charge in [-0.25, -0.2) is 4.39 Å². The Labute approximate surface area is 182 Å². The zero-order chi connectivity index (χ0) is 21.1. The first-order valence-corrected chi connectivity index (χ1v) is 12.6. The molecule has 3 aliphatic rings. The van der Waals surface area contributed by atoms with E-state index in [9.17, 15) is 9.18 Å². The molecule has 4 rings (SSSR count). The molecule has 0 radical (unpaired) electrons. The number of carbonyl (C=O) groups excluding carboxylic acids is 1. The van der Waals surface area contributed by atoms with Gasteiger partial charge in [-0.15, -0.1) is 0 Å². The number of rotatable bonds is 6. The molecule has 0 bridgehead atoms. The van der Waals surface area contributed by atoms with Crippen LogP contribution in [0.15, 0.2) is 12.1 Å². The summed E-state index contributed by atoms with van der Waals surface area (Å²) in [6.07, 6.45) is 15.4. The van der Waals surface area contributed by atoms with Crippen LogP contribution in [-0.4, -0.2) is 5.97 Å². The number of aryl methyl sites for hydroxylation is 1. The molecule has 0 aromatic heterocycles. The lowest BCUT2D eigenvalue weighted by molar-refractivity contribution is -0.143. The number of esters is 1. The van der Waals surface area contributed by atoms with E-state index in [-0.39, 0.29) is 23.5 Å². The fourth-order valence-electron chi connectivity index (χ4n) is 6.60. The maximum atomic E-state index is 14.7. The molecule has 1 heterocycles. The van der Waals surface area contributed by atoms with Gasteiger partial charge in [0.2, 0.25) is 0 Å². The maximum absolute atomic E-state index is 14.7. The standard InChI is InChI=1S/C27H39FO2/c1-3-5-18-7-9-19(10-8-18)20-11-13-21(14-12-20)24-17-23-16-15-22(6-4-2)25(28)26(23)30-27(24)29/h15-16,18-21,24H,3-14,17H2,1-2H3. The van der Waals surface area contributed by atoms with Gasteiger partial charge in [-0.1, -0.05) is 58.1 Å². The van der Waals surface area contributed by atoms with Gasteiger partial charge in [0.25, 0.3) is 0 Å². The molecule has 0 saturated heterocycles. The van der Waals surface area contributed by atoms with Crippen molar-refractivity contribution in [2.24, 2.45) is 29.6 Å². The van der Waals surface area contributed by atoms with Gasteiger partial charge in [0.05, 0.1) is 5.92 Å². The van der Waals surface area contributed by atoms with E-state index in [1.807, 2.05) is 19.1 Å². The molecule has 2 fully saturated rings. The van der Waals surface area contributed by atoms with Gasteiger partial charge >= 0.3 is 5.97 Å². The average molecular weight is 415 g/mol. The van der Waals surface area contributed by atoms with Crippen LogP contribution in [0.1, 0.15) is 95.6 Å². The van der Waals surface area contributed by atoms with Crippen molar-refractivity contribution < 1.29 is 13.9 Å². The highest BCUT2D eigenvalue weighted by Gasteiger charge is 2.39. The Morgan fingerprint density at radius 2 is 1.53 bits per heavy atom. The number of hydrogen-bond acceptors (Lipinski definition) is 2. The van der Waals surface area contributed by atoms with Gasteiger partial charge in [-0.3, -0.25) is 4.79 Å². The van der Waals surface area contributed by atoms with Crippen LogP contribution in [0.5, 0.6) is 5.75 Å². The lowest BCUT2D eigenvalue weighted by atomic mass is 9.66. The molecule has 1 aliphatic heterocycles. The fraction of sp³-hybridized carbons (Fsp3) is 0.741. The second-order valence-electron chi connectivity index (χ2n) is 10.3. The monoisotopic (exact) mass is 414 g/mol. The SMILES string of the molecule is CCCc1ccc2c(c1F)OC(=O)C(C1CCC(C3CCC(CCC)CC3)CC1)C2. The first-order chi connectivity index (χ1) is 14.6. The number of fused-ring (bicyclic) bond motifs is 1. The zero-order valence-electron chi connectivity index (χ0n) is 18.9. The quantitative estimate of drug-likeness (QED) is 0.361. The van der Waals surface area contributed by atoms with E-state index in [1.165, 1.54) is 51.4 Å². The molecule has 3 heteroatoms. The summed E-state index contributed by atoms with van der Waals surface area (Å²) in [5.74, 6) is 2.74. The molecule has 1 unspecified atom stereocenters. The second kappa shape index (κ2) is 9.83. The van der Waals surface area contributed by atoms with Crippen molar-refractivity contribution in [1.29, 1.82) is 0 Å². The van der Waals surface area contributed by atoms with E-state index in [0.29, 0.717) is 24.3 Å². The molecule has 0 N–H and O–H groups in total. The number of ether oxygens (including phenoxy) is 1. The summed E-state index contributed by atoms with van der Waals surface area (Å²) >= 11 is 0. The minimum Gasteiger partial charge on any atom is -0.423 e. The Morgan fingerprint density at radius 3 is 2.17 bits per heavy atom. The highest BCUT2D eigenvalue weighted by molar-refractivity contribution is 5.78. The van der Waals surface area contributed by atoms with Gasteiger partial charge in [0, 0.05) is 0 Å². The fourth-order valence-corrected chi connectivity index (χ4v) is 6.60. The van der Waals surface area contributed by atoms with Crippen molar-refractivity contribution in [2.75, 3.05) is 0 Å². The van der Waals surface area contributed by atoms with Crippen LogP contribution < -0.4 is 4.74 Å². The Bertz CT molecular complexity index is 727. The smallest absolute Gasteiger partial charge is 0.315 e. The third kappa shape index (κ3) is 4.60. The summed E-state index contributed by atoms with van der Waals surface area (Å²) in [6, 6.07) is 3.88. The Balaban J connectivity index is 1.33. The van der Waals surface area contributed by atoms with E-state index < -0.39 is 0 Å². The normalized spacial score (nSPS) is 31.8. The van der Waals surface area contributed by atoms with Gasteiger partial charge in [0.1, 0.15) is 0 Å². The van der Waals surface area contributed by atoms with Crippen molar-refractivity contribution in [3.8, 4) is 5.75 Å². The molecule has 166 valence electrons. The summed E-state index contributed by atoms with van der Waals surface area (Å²) in [4.78, 5) is 12.8. The molecule has 30 heavy (non-hydrogen) atoms. The Hall–Kier alpha value is -1.38. The molecule has 1 aromatic rings. The first kappa shape index (κ1) is 21.8. The van der Waals surface area contributed by atoms with E-state index >= 15 is 0 Å². The van der Waals surface area contributed by atoms with Crippen LogP contribution >= 0.6 is 0 Å². The van der Waals surface area contributed by atoms with Crippen LogP contribution in [0.2, 0.25) is 0 Å². The van der Waals surface area contributed by atoms with E-state index in [4.69, 9.17) is 4.74 Å². The molecular formula is C27H39FO2. The predicted octanol–water partition coefficient (Wildman–Crippen LogP) is 7.27. The highest BCUT2D eigenvalue weighted by atomic mass is 19.1. The third-order valence-electron chi connectivity index (χ3n) is 8.36. The third-order valence-corrected chi connectivity index (χ3v) is 8.36. The summed E-state index contributed by atoms with van der Waals surface area (Å²) in [7, 11) is 0. The van der Waals surface area contributed by atoms with E-state index in [1.54, 1.807) is 0 Å². The summed E-state index contributed by atoms with van der Waals surface area (Å²) in [5, 5.41) is 0. The second-order valence-corrected chi connectivity index (χ2v) is 10.3. The number of carbonyl (C=O) groups is 1. The van der Waals surface area contributed by atoms with Crippen molar-refractivity contribution in [1.82, 2.24) is 0 Å². The summed E-state index contributed by atoms with van der Waals surface area (Å²) in [5.41, 5.74) is 1.55. The molecule has 0 spiro atoms.